The van der Waals surface area contributed by atoms with Gasteiger partial charge in [-0.15, -0.1) is 0 Å². The summed E-state index contributed by atoms with van der Waals surface area (Å²) in [6, 6.07) is 3.07. The van der Waals surface area contributed by atoms with Crippen molar-refractivity contribution in [3.63, 3.8) is 0 Å². The van der Waals surface area contributed by atoms with Crippen LogP contribution in [0.1, 0.15) is 24.1 Å². The minimum Gasteiger partial charge on any atom is -0.481 e. The normalized spacial score (nSPS) is 17.4. The molecule has 1 aromatic rings. The Balaban J connectivity index is 2.17. The van der Waals surface area contributed by atoms with Gasteiger partial charge in [0, 0.05) is 6.20 Å². The third-order valence-corrected chi connectivity index (χ3v) is 2.90. The van der Waals surface area contributed by atoms with E-state index in [0.717, 1.165) is 0 Å². The van der Waals surface area contributed by atoms with Gasteiger partial charge in [-0.3, -0.25) is 9.78 Å². The van der Waals surface area contributed by atoms with Gasteiger partial charge in [0.05, 0.1) is 17.5 Å². The van der Waals surface area contributed by atoms with Gasteiger partial charge < -0.3 is 5.11 Å². The first kappa shape index (κ1) is 11.0. The van der Waals surface area contributed by atoms with Crippen LogP contribution in [-0.2, 0) is 16.6 Å². The molecule has 1 fully saturated rings. The van der Waals surface area contributed by atoms with Crippen molar-refractivity contribution in [2.45, 2.75) is 31.1 Å². The van der Waals surface area contributed by atoms with Crippen LogP contribution < -0.4 is 0 Å². The number of halogens is 2. The van der Waals surface area contributed by atoms with Crippen molar-refractivity contribution in [2.75, 3.05) is 0 Å². The van der Waals surface area contributed by atoms with Crippen LogP contribution in [0.4, 0.5) is 8.78 Å². The highest BCUT2D eigenvalue weighted by Gasteiger charge is 2.53. The van der Waals surface area contributed by atoms with Gasteiger partial charge in [0.2, 0.25) is 6.43 Å². The predicted molar refractivity (Wildman–Crippen MR) is 52.5 cm³/mol. The molecule has 1 aliphatic rings. The number of hydrogen-bond donors (Lipinski definition) is 1. The van der Waals surface area contributed by atoms with E-state index in [2.05, 4.69) is 4.98 Å². The van der Waals surface area contributed by atoms with Crippen LogP contribution in [0.15, 0.2) is 18.3 Å². The monoisotopic (exact) mass is 227 g/mol. The average molecular weight is 227 g/mol. The Hall–Kier alpha value is -1.52. The van der Waals surface area contributed by atoms with Gasteiger partial charge in [-0.25, -0.2) is 8.78 Å². The third-order valence-electron chi connectivity index (χ3n) is 2.90. The van der Waals surface area contributed by atoms with Crippen LogP contribution in [0.25, 0.3) is 0 Å². The number of pyridine rings is 1. The molecule has 86 valence electrons. The maximum Gasteiger partial charge on any atom is 0.307 e. The molecule has 0 aliphatic heterocycles. The zero-order valence-electron chi connectivity index (χ0n) is 8.49. The number of aromatic nitrogens is 1. The van der Waals surface area contributed by atoms with Crippen molar-refractivity contribution in [1.82, 2.24) is 4.98 Å². The maximum absolute atomic E-state index is 12.7. The van der Waals surface area contributed by atoms with Gasteiger partial charge in [-0.05, 0) is 24.5 Å². The minimum atomic E-state index is -2.40. The first-order chi connectivity index (χ1) is 7.54. The van der Waals surface area contributed by atoms with Gasteiger partial charge >= 0.3 is 5.97 Å². The molecule has 0 spiro atoms. The van der Waals surface area contributed by atoms with Gasteiger partial charge in [-0.2, -0.15) is 0 Å². The van der Waals surface area contributed by atoms with Gasteiger partial charge in [0.1, 0.15) is 0 Å². The van der Waals surface area contributed by atoms with E-state index in [-0.39, 0.29) is 6.42 Å². The fraction of sp³-hybridized carbons (Fsp3) is 0.455. The lowest BCUT2D eigenvalue weighted by Gasteiger charge is -2.13. The number of alkyl halides is 2. The quantitative estimate of drug-likeness (QED) is 0.855. The second-order valence-electron chi connectivity index (χ2n) is 4.08. The molecule has 1 saturated carbocycles. The van der Waals surface area contributed by atoms with Crippen LogP contribution in [0.2, 0.25) is 0 Å². The van der Waals surface area contributed by atoms with E-state index in [1.807, 2.05) is 0 Å². The van der Waals surface area contributed by atoms with Crippen LogP contribution >= 0.6 is 0 Å². The van der Waals surface area contributed by atoms with Gasteiger partial charge in [0.25, 0.3) is 0 Å². The molecule has 0 atom stereocenters. The number of nitrogens with zero attached hydrogens (tertiary/aromatic N) is 1. The largest absolute Gasteiger partial charge is 0.481 e. The lowest BCUT2D eigenvalue weighted by atomic mass is 10.0. The molecule has 0 radical (unpaired) electrons. The van der Waals surface area contributed by atoms with E-state index < -0.39 is 17.8 Å². The Morgan fingerprint density at radius 3 is 2.56 bits per heavy atom. The molecule has 1 heterocycles. The first-order valence-electron chi connectivity index (χ1n) is 5.00. The van der Waals surface area contributed by atoms with Crippen molar-refractivity contribution in [3.05, 3.63) is 29.6 Å². The van der Waals surface area contributed by atoms with E-state index in [0.29, 0.717) is 24.1 Å². The standard InChI is InChI=1S/C11H11F2NO2/c12-10(13)11(3-4-11)8-2-1-7(6-14-8)5-9(15)16/h1-2,6,10H,3-5H2,(H,15,16). The molecule has 16 heavy (non-hydrogen) atoms. The molecule has 0 saturated heterocycles. The summed E-state index contributed by atoms with van der Waals surface area (Å²) in [5.41, 5.74) is -0.167. The third kappa shape index (κ3) is 1.89. The van der Waals surface area contributed by atoms with E-state index in [1.54, 1.807) is 6.07 Å². The summed E-state index contributed by atoms with van der Waals surface area (Å²) in [4.78, 5) is 14.4. The zero-order valence-corrected chi connectivity index (χ0v) is 8.49. The Morgan fingerprint density at radius 2 is 2.19 bits per heavy atom. The lowest BCUT2D eigenvalue weighted by Crippen LogP contribution is -2.19. The number of aliphatic carboxylic acids is 1. The minimum absolute atomic E-state index is 0.130. The molecule has 1 aromatic heterocycles. The Kier molecular flexibility index (Phi) is 2.61. The van der Waals surface area contributed by atoms with E-state index in [9.17, 15) is 13.6 Å². The van der Waals surface area contributed by atoms with Crippen molar-refractivity contribution in [1.29, 1.82) is 0 Å². The van der Waals surface area contributed by atoms with Gasteiger partial charge in [-0.1, -0.05) is 6.07 Å². The summed E-state index contributed by atoms with van der Waals surface area (Å²) in [5, 5.41) is 8.55. The summed E-state index contributed by atoms with van der Waals surface area (Å²) in [6.45, 7) is 0. The molecule has 0 bridgehead atoms. The average Bonchev–Trinajstić information content (AvgIpc) is 2.98. The molecule has 0 aromatic carbocycles. The molecular formula is C11H11F2NO2. The second-order valence-corrected chi connectivity index (χ2v) is 4.08. The molecule has 2 rings (SSSR count). The smallest absolute Gasteiger partial charge is 0.307 e. The fourth-order valence-corrected chi connectivity index (χ4v) is 1.72. The lowest BCUT2D eigenvalue weighted by molar-refractivity contribution is -0.136. The van der Waals surface area contributed by atoms with E-state index >= 15 is 0 Å². The number of rotatable bonds is 4. The molecule has 0 unspecified atom stereocenters. The van der Waals surface area contributed by atoms with Crippen LogP contribution in [0.3, 0.4) is 0 Å². The zero-order chi connectivity index (χ0) is 11.8. The summed E-state index contributed by atoms with van der Waals surface area (Å²) in [5.74, 6) is -0.954. The summed E-state index contributed by atoms with van der Waals surface area (Å²) in [6.07, 6.45) is -0.252. The highest BCUT2D eigenvalue weighted by Crippen LogP contribution is 2.51. The Bertz CT molecular complexity index is 399. The second kappa shape index (κ2) is 3.81. The van der Waals surface area contributed by atoms with Gasteiger partial charge in [0.15, 0.2) is 0 Å². The van der Waals surface area contributed by atoms with Crippen molar-refractivity contribution in [3.8, 4) is 0 Å². The van der Waals surface area contributed by atoms with E-state index in [4.69, 9.17) is 5.11 Å². The van der Waals surface area contributed by atoms with Crippen molar-refractivity contribution in [2.24, 2.45) is 0 Å². The highest BCUT2D eigenvalue weighted by molar-refractivity contribution is 5.69. The van der Waals surface area contributed by atoms with Crippen LogP contribution in [0, 0.1) is 0 Å². The van der Waals surface area contributed by atoms with E-state index in [1.165, 1.54) is 12.3 Å². The number of carboxylic acids is 1. The number of carboxylic acid groups (broad SMARTS) is 1. The summed E-state index contributed by atoms with van der Waals surface area (Å²) < 4.78 is 25.5. The Morgan fingerprint density at radius 1 is 1.50 bits per heavy atom. The summed E-state index contributed by atoms with van der Waals surface area (Å²) in [7, 11) is 0. The molecule has 0 amide bonds. The van der Waals surface area contributed by atoms with Crippen molar-refractivity contribution < 1.29 is 18.7 Å². The first-order valence-corrected chi connectivity index (χ1v) is 5.00. The SMILES string of the molecule is O=C(O)Cc1ccc(C2(C(F)F)CC2)nc1. The molecule has 3 nitrogen and oxygen atoms in total. The van der Waals surface area contributed by atoms with Crippen molar-refractivity contribution >= 4 is 5.97 Å². The molecule has 5 heteroatoms. The fourth-order valence-electron chi connectivity index (χ4n) is 1.72. The van der Waals surface area contributed by atoms with Crippen LogP contribution in [-0.4, -0.2) is 22.5 Å². The predicted octanol–water partition coefficient (Wildman–Crippen LogP) is 2.01. The molecular weight excluding hydrogens is 216 g/mol. The molecule has 1 aliphatic carbocycles. The highest BCUT2D eigenvalue weighted by atomic mass is 19.3. The Labute approximate surface area is 91.1 Å². The maximum atomic E-state index is 12.7. The molecule has 1 N–H and O–H groups in total. The number of carbonyl (C=O) groups is 1. The topological polar surface area (TPSA) is 50.2 Å². The van der Waals surface area contributed by atoms with Crippen LogP contribution in [0.5, 0.6) is 0 Å². The summed E-state index contributed by atoms with van der Waals surface area (Å²) >= 11 is 0. The number of hydrogen-bond acceptors (Lipinski definition) is 2.